The Morgan fingerprint density at radius 3 is 2.82 bits per heavy atom. The standard InChI is InChI=1S/C11H15N3O3/c1-2-3-9(12)10(15)14-8-4-7(11(16)17)5-13-6-8/h4-6,9H,2-3,12H2,1H3,(H,14,15)(H,16,17). The monoisotopic (exact) mass is 237 g/mol. The highest BCUT2D eigenvalue weighted by atomic mass is 16.4. The molecule has 1 atom stereocenters. The van der Waals surface area contributed by atoms with Crippen LogP contribution >= 0.6 is 0 Å². The van der Waals surface area contributed by atoms with Crippen molar-refractivity contribution in [2.45, 2.75) is 25.8 Å². The van der Waals surface area contributed by atoms with Gasteiger partial charge in [-0.05, 0) is 12.5 Å². The highest BCUT2D eigenvalue weighted by Crippen LogP contribution is 2.09. The summed E-state index contributed by atoms with van der Waals surface area (Å²) in [5.41, 5.74) is 5.98. The number of nitrogens with one attached hydrogen (secondary N) is 1. The average molecular weight is 237 g/mol. The van der Waals surface area contributed by atoms with Gasteiger partial charge in [0, 0.05) is 6.20 Å². The van der Waals surface area contributed by atoms with E-state index in [9.17, 15) is 9.59 Å². The third kappa shape index (κ3) is 3.84. The molecule has 1 heterocycles. The first-order valence-corrected chi connectivity index (χ1v) is 5.29. The molecule has 1 amide bonds. The summed E-state index contributed by atoms with van der Waals surface area (Å²) >= 11 is 0. The SMILES string of the molecule is CCCC(N)C(=O)Nc1cncc(C(=O)O)c1. The van der Waals surface area contributed by atoms with Crippen LogP contribution in [-0.4, -0.2) is 28.0 Å². The molecule has 1 aromatic heterocycles. The Labute approximate surface area is 98.8 Å². The molecule has 4 N–H and O–H groups in total. The molecule has 0 radical (unpaired) electrons. The van der Waals surface area contributed by atoms with Gasteiger partial charge in [-0.3, -0.25) is 9.78 Å². The van der Waals surface area contributed by atoms with E-state index in [1.165, 1.54) is 18.5 Å². The lowest BCUT2D eigenvalue weighted by Crippen LogP contribution is -2.35. The number of carboxylic acids is 1. The molecule has 0 fully saturated rings. The molecule has 6 heteroatoms. The molecule has 0 spiro atoms. The topological polar surface area (TPSA) is 105 Å². The highest BCUT2D eigenvalue weighted by Gasteiger charge is 2.13. The van der Waals surface area contributed by atoms with Crippen LogP contribution in [-0.2, 0) is 4.79 Å². The number of rotatable bonds is 5. The fraction of sp³-hybridized carbons (Fsp3) is 0.364. The molecule has 0 saturated heterocycles. The molecule has 1 rings (SSSR count). The molecule has 0 aliphatic heterocycles. The number of carbonyl (C=O) groups excluding carboxylic acids is 1. The summed E-state index contributed by atoms with van der Waals surface area (Å²) in [6, 6.07) is 0.750. The number of aromatic carboxylic acids is 1. The van der Waals surface area contributed by atoms with Crippen molar-refractivity contribution in [1.29, 1.82) is 0 Å². The summed E-state index contributed by atoms with van der Waals surface area (Å²) < 4.78 is 0. The van der Waals surface area contributed by atoms with Crippen molar-refractivity contribution < 1.29 is 14.7 Å². The van der Waals surface area contributed by atoms with Gasteiger partial charge in [-0.25, -0.2) is 4.79 Å². The second-order valence-electron chi connectivity index (χ2n) is 3.65. The summed E-state index contributed by atoms with van der Waals surface area (Å²) in [7, 11) is 0. The minimum atomic E-state index is -1.09. The maximum absolute atomic E-state index is 11.6. The molecule has 0 aliphatic carbocycles. The van der Waals surface area contributed by atoms with Crippen molar-refractivity contribution in [2.24, 2.45) is 5.73 Å². The lowest BCUT2D eigenvalue weighted by molar-refractivity contribution is -0.117. The zero-order valence-electron chi connectivity index (χ0n) is 9.51. The Kier molecular flexibility index (Phi) is 4.59. The van der Waals surface area contributed by atoms with E-state index in [4.69, 9.17) is 10.8 Å². The van der Waals surface area contributed by atoms with Crippen LogP contribution in [0.1, 0.15) is 30.1 Å². The van der Waals surface area contributed by atoms with Crippen LogP contribution in [0.3, 0.4) is 0 Å². The number of anilines is 1. The van der Waals surface area contributed by atoms with Gasteiger partial charge < -0.3 is 16.2 Å². The second-order valence-corrected chi connectivity index (χ2v) is 3.65. The van der Waals surface area contributed by atoms with Crippen LogP contribution in [0.4, 0.5) is 5.69 Å². The molecule has 6 nitrogen and oxygen atoms in total. The lowest BCUT2D eigenvalue weighted by Gasteiger charge is -2.10. The number of amides is 1. The smallest absolute Gasteiger partial charge is 0.337 e. The minimum Gasteiger partial charge on any atom is -0.478 e. The number of nitrogens with zero attached hydrogens (tertiary/aromatic N) is 1. The fourth-order valence-electron chi connectivity index (χ4n) is 1.30. The maximum atomic E-state index is 11.6. The van der Waals surface area contributed by atoms with Crippen LogP contribution in [0.2, 0.25) is 0 Å². The van der Waals surface area contributed by atoms with Crippen LogP contribution in [0.25, 0.3) is 0 Å². The van der Waals surface area contributed by atoms with Gasteiger partial charge in [-0.2, -0.15) is 0 Å². The van der Waals surface area contributed by atoms with Crippen LogP contribution in [0.15, 0.2) is 18.5 Å². The second kappa shape index (κ2) is 5.95. The minimum absolute atomic E-state index is 0.0202. The number of carboxylic acid groups (broad SMARTS) is 1. The van der Waals surface area contributed by atoms with E-state index in [0.29, 0.717) is 12.1 Å². The van der Waals surface area contributed by atoms with Crippen molar-refractivity contribution in [3.63, 3.8) is 0 Å². The van der Waals surface area contributed by atoms with E-state index in [0.717, 1.165) is 6.42 Å². The van der Waals surface area contributed by atoms with Crippen LogP contribution in [0.5, 0.6) is 0 Å². The van der Waals surface area contributed by atoms with Crippen molar-refractivity contribution in [1.82, 2.24) is 4.98 Å². The highest BCUT2D eigenvalue weighted by molar-refractivity contribution is 5.96. The quantitative estimate of drug-likeness (QED) is 0.703. The zero-order chi connectivity index (χ0) is 12.8. The van der Waals surface area contributed by atoms with Crippen LogP contribution in [0, 0.1) is 0 Å². The first kappa shape index (κ1) is 13.1. The first-order chi connectivity index (χ1) is 8.04. The number of aromatic nitrogens is 1. The first-order valence-electron chi connectivity index (χ1n) is 5.29. The number of carbonyl (C=O) groups is 2. The molecule has 0 aliphatic rings. The summed E-state index contributed by atoms with van der Waals surface area (Å²) in [6.07, 6.45) is 3.98. The van der Waals surface area contributed by atoms with Crippen molar-refractivity contribution >= 4 is 17.6 Å². The Morgan fingerprint density at radius 1 is 1.53 bits per heavy atom. The third-order valence-electron chi connectivity index (χ3n) is 2.19. The molecule has 92 valence electrons. The molecular weight excluding hydrogens is 222 g/mol. The summed E-state index contributed by atoms with van der Waals surface area (Å²) in [5, 5.41) is 11.3. The van der Waals surface area contributed by atoms with E-state index in [-0.39, 0.29) is 11.5 Å². The predicted octanol–water partition coefficient (Wildman–Crippen LogP) is 0.846. The van der Waals surface area contributed by atoms with Gasteiger partial charge in [0.15, 0.2) is 0 Å². The van der Waals surface area contributed by atoms with Crippen LogP contribution < -0.4 is 11.1 Å². The average Bonchev–Trinajstić information content (AvgIpc) is 2.29. The normalized spacial score (nSPS) is 11.9. The van der Waals surface area contributed by atoms with Crippen molar-refractivity contribution in [3.8, 4) is 0 Å². The Hall–Kier alpha value is -1.95. The van der Waals surface area contributed by atoms with Crippen molar-refractivity contribution in [2.75, 3.05) is 5.32 Å². The van der Waals surface area contributed by atoms with Gasteiger partial charge >= 0.3 is 5.97 Å². The van der Waals surface area contributed by atoms with Gasteiger partial charge in [0.2, 0.25) is 5.91 Å². The van der Waals surface area contributed by atoms with E-state index in [1.807, 2.05) is 6.92 Å². The molecular formula is C11H15N3O3. The van der Waals surface area contributed by atoms with E-state index < -0.39 is 12.0 Å². The molecule has 0 saturated carbocycles. The molecule has 17 heavy (non-hydrogen) atoms. The largest absolute Gasteiger partial charge is 0.478 e. The van der Waals surface area contributed by atoms with Gasteiger partial charge in [0.05, 0.1) is 23.5 Å². The maximum Gasteiger partial charge on any atom is 0.337 e. The Morgan fingerprint density at radius 2 is 2.24 bits per heavy atom. The number of pyridine rings is 1. The lowest BCUT2D eigenvalue weighted by atomic mass is 10.1. The molecule has 1 aromatic rings. The molecule has 0 aromatic carbocycles. The third-order valence-corrected chi connectivity index (χ3v) is 2.19. The zero-order valence-corrected chi connectivity index (χ0v) is 9.51. The van der Waals surface area contributed by atoms with Crippen molar-refractivity contribution in [3.05, 3.63) is 24.0 Å². The van der Waals surface area contributed by atoms with E-state index >= 15 is 0 Å². The van der Waals surface area contributed by atoms with Gasteiger partial charge in [-0.1, -0.05) is 13.3 Å². The van der Waals surface area contributed by atoms with Gasteiger partial charge in [-0.15, -0.1) is 0 Å². The number of nitrogens with two attached hydrogens (primary N) is 1. The van der Waals surface area contributed by atoms with Gasteiger partial charge in [0.1, 0.15) is 0 Å². The summed E-state index contributed by atoms with van der Waals surface area (Å²) in [5.74, 6) is -1.43. The molecule has 0 bridgehead atoms. The van der Waals surface area contributed by atoms with E-state index in [1.54, 1.807) is 0 Å². The van der Waals surface area contributed by atoms with Gasteiger partial charge in [0.25, 0.3) is 0 Å². The number of hydrogen-bond donors (Lipinski definition) is 3. The Bertz CT molecular complexity index is 420. The predicted molar refractivity (Wildman–Crippen MR) is 62.7 cm³/mol. The molecule has 1 unspecified atom stereocenters. The summed E-state index contributed by atoms with van der Waals surface area (Å²) in [4.78, 5) is 26.0. The Balaban J connectivity index is 2.71. The fourth-order valence-corrected chi connectivity index (χ4v) is 1.30. The number of hydrogen-bond acceptors (Lipinski definition) is 4. The summed E-state index contributed by atoms with van der Waals surface area (Å²) in [6.45, 7) is 1.93. The van der Waals surface area contributed by atoms with E-state index in [2.05, 4.69) is 10.3 Å².